The zero-order valence-corrected chi connectivity index (χ0v) is 29.8. The maximum Gasteiger partial charge on any atom is 0.490 e. The molecule has 1 aliphatic heterocycles. The number of nitrogens with one attached hydrogen (secondary N) is 2. The van der Waals surface area contributed by atoms with Crippen LogP contribution in [-0.4, -0.2) is 74.1 Å². The molecular weight excluding hydrogens is 726 g/mol. The molecule has 0 saturated carbocycles. The second-order valence-corrected chi connectivity index (χ2v) is 14.1. The molecule has 53 heavy (non-hydrogen) atoms. The van der Waals surface area contributed by atoms with Crippen LogP contribution >= 0.6 is 0 Å². The summed E-state index contributed by atoms with van der Waals surface area (Å²) in [6.45, 7) is 3.55. The van der Waals surface area contributed by atoms with Crippen LogP contribution < -0.4 is 21.1 Å². The number of amides is 2. The summed E-state index contributed by atoms with van der Waals surface area (Å²) < 4.78 is 84.1. The molecule has 284 valence electrons. The van der Waals surface area contributed by atoms with Gasteiger partial charge in [0, 0.05) is 35.1 Å². The van der Waals surface area contributed by atoms with Gasteiger partial charge in [0.15, 0.2) is 9.84 Å². The van der Waals surface area contributed by atoms with E-state index in [2.05, 4.69) is 15.6 Å². The number of pyridine rings is 1. The average Bonchev–Trinajstić information content (AvgIpc) is 3.60. The van der Waals surface area contributed by atoms with Crippen molar-refractivity contribution in [2.45, 2.75) is 49.8 Å². The van der Waals surface area contributed by atoms with Gasteiger partial charge in [0.25, 0.3) is 0 Å². The number of nitrogens with zero attached hydrogens (tertiary/aromatic N) is 2. The second-order valence-electron chi connectivity index (χ2n) is 11.8. The van der Waals surface area contributed by atoms with Crippen molar-refractivity contribution in [1.82, 2.24) is 9.88 Å². The lowest BCUT2D eigenvalue weighted by Crippen LogP contribution is -2.38. The lowest BCUT2D eigenvalue weighted by Gasteiger charge is -2.32. The molecule has 1 aromatic heterocycles. The number of carboxylic acids is 1. The zero-order valence-electron chi connectivity index (χ0n) is 29.0. The summed E-state index contributed by atoms with van der Waals surface area (Å²) in [5.41, 5.74) is 7.86. The third-order valence-corrected chi connectivity index (χ3v) is 10.3. The zero-order chi connectivity index (χ0) is 39.2. The van der Waals surface area contributed by atoms with Crippen molar-refractivity contribution in [1.29, 1.82) is 0 Å². The number of likely N-dealkylation sites (tertiary alicyclic amines) is 1. The number of halogens is 4. The highest BCUT2D eigenvalue weighted by molar-refractivity contribution is 7.91. The predicted octanol–water partition coefficient (Wildman–Crippen LogP) is 6.40. The molecule has 5 rings (SSSR count). The number of carbonyl (C=O) groups excluding carboxylic acids is 2. The number of hydrogen-bond donors (Lipinski definition) is 4. The van der Waals surface area contributed by atoms with E-state index >= 15 is 4.39 Å². The van der Waals surface area contributed by atoms with E-state index in [0.717, 1.165) is 10.8 Å². The number of hydrogen-bond acceptors (Lipinski definition) is 10. The first-order valence-electron chi connectivity index (χ1n) is 16.0. The van der Waals surface area contributed by atoms with Gasteiger partial charge in [-0.1, -0.05) is 6.92 Å². The molecule has 1 aliphatic rings. The number of anilines is 3. The summed E-state index contributed by atoms with van der Waals surface area (Å²) in [5, 5.41) is 14.4. The molecule has 2 heterocycles. The molecule has 1 fully saturated rings. The number of methoxy groups -OCH3 is 2. The van der Waals surface area contributed by atoms with Crippen molar-refractivity contribution < 1.29 is 54.9 Å². The Balaban J connectivity index is 0.000000815. The first-order chi connectivity index (χ1) is 24.9. The molecule has 1 saturated heterocycles. The number of carbonyl (C=O) groups is 3. The normalized spacial score (nSPS) is 14.9. The number of sulfone groups is 1. The number of carboxylic acid groups (broad SMARTS) is 1. The van der Waals surface area contributed by atoms with Gasteiger partial charge in [0.2, 0.25) is 5.91 Å². The Kier molecular flexibility index (Phi) is 12.4. The summed E-state index contributed by atoms with van der Waals surface area (Å²) in [6, 6.07) is 12.5. The fourth-order valence-electron chi connectivity index (χ4n) is 5.85. The van der Waals surface area contributed by atoms with Gasteiger partial charge in [-0.2, -0.15) is 13.2 Å². The Bertz CT molecular complexity index is 2130. The van der Waals surface area contributed by atoms with Crippen LogP contribution in [0, 0.1) is 12.7 Å². The van der Waals surface area contributed by atoms with Gasteiger partial charge in [-0.25, -0.2) is 27.4 Å². The molecule has 0 radical (unpaired) electrons. The summed E-state index contributed by atoms with van der Waals surface area (Å²) in [4.78, 5) is 41.2. The molecule has 13 nitrogen and oxygen atoms in total. The smallest absolute Gasteiger partial charge is 0.490 e. The molecule has 4 aromatic rings. The molecule has 0 spiro atoms. The maximum atomic E-state index is 15.7. The highest BCUT2D eigenvalue weighted by Crippen LogP contribution is 2.40. The molecule has 0 aliphatic carbocycles. The fourth-order valence-corrected chi connectivity index (χ4v) is 6.99. The third-order valence-electron chi connectivity index (χ3n) is 8.47. The lowest BCUT2D eigenvalue weighted by molar-refractivity contribution is -0.192. The number of fused-ring (bicyclic) bond motifs is 1. The summed E-state index contributed by atoms with van der Waals surface area (Å²) in [6.07, 6.45) is -3.20. The quantitative estimate of drug-likeness (QED) is 0.138. The van der Waals surface area contributed by atoms with E-state index in [1.165, 1.54) is 45.4 Å². The summed E-state index contributed by atoms with van der Waals surface area (Å²) in [7, 11) is -1.03. The molecule has 2 atom stereocenters. The summed E-state index contributed by atoms with van der Waals surface area (Å²) >= 11 is 0. The SMILES string of the molecule is CCS(=O)(=O)c1ccc(NC(=O)OC)cc1[C@H]1CCCN1C(=O)[C@H](Nc1ccc2c(N)nccc2c1)c1cc(OC)c(C)cc1F.O=C(O)C(F)(F)F. The van der Waals surface area contributed by atoms with Gasteiger partial charge in [-0.05, 0) is 90.9 Å². The minimum absolute atomic E-state index is 0.0588. The van der Waals surface area contributed by atoms with Crippen LogP contribution in [0.15, 0.2) is 65.7 Å². The van der Waals surface area contributed by atoms with E-state index in [-0.39, 0.29) is 16.2 Å². The van der Waals surface area contributed by atoms with Crippen LogP contribution in [0.3, 0.4) is 0 Å². The number of benzene rings is 3. The highest BCUT2D eigenvalue weighted by atomic mass is 32.2. The molecule has 18 heteroatoms. The van der Waals surface area contributed by atoms with E-state index in [4.69, 9.17) is 25.1 Å². The number of aryl methyl sites for hydroxylation is 1. The number of aromatic nitrogens is 1. The summed E-state index contributed by atoms with van der Waals surface area (Å²) in [5.74, 6) is -3.23. The molecule has 0 bridgehead atoms. The van der Waals surface area contributed by atoms with Gasteiger partial charge in [0.05, 0.1) is 30.9 Å². The second kappa shape index (κ2) is 16.4. The van der Waals surface area contributed by atoms with E-state index < -0.39 is 51.9 Å². The molecule has 3 aromatic carbocycles. The molecule has 5 N–H and O–H groups in total. The Hall–Kier alpha value is -5.65. The largest absolute Gasteiger partial charge is 0.496 e. The number of rotatable bonds is 9. The number of ether oxygens (including phenoxy) is 2. The van der Waals surface area contributed by atoms with E-state index in [1.54, 1.807) is 48.4 Å². The number of nitrogens with two attached hydrogens (primary N) is 1. The van der Waals surface area contributed by atoms with Crippen molar-refractivity contribution in [2.24, 2.45) is 0 Å². The predicted molar refractivity (Wildman–Crippen MR) is 188 cm³/mol. The highest BCUT2D eigenvalue weighted by Gasteiger charge is 2.39. The van der Waals surface area contributed by atoms with E-state index in [1.807, 2.05) is 0 Å². The van der Waals surface area contributed by atoms with Crippen LogP contribution in [-0.2, 0) is 24.2 Å². The van der Waals surface area contributed by atoms with Gasteiger partial charge in [-0.3, -0.25) is 10.1 Å². The van der Waals surface area contributed by atoms with Crippen LogP contribution in [0.25, 0.3) is 10.8 Å². The van der Waals surface area contributed by atoms with Crippen LogP contribution in [0.2, 0.25) is 0 Å². The van der Waals surface area contributed by atoms with Crippen LogP contribution in [0.1, 0.15) is 48.5 Å². The lowest BCUT2D eigenvalue weighted by atomic mass is 9.99. The molecular formula is C35H37F4N5O8S. The van der Waals surface area contributed by atoms with Gasteiger partial charge >= 0.3 is 18.2 Å². The van der Waals surface area contributed by atoms with Gasteiger partial charge < -0.3 is 30.5 Å². The van der Waals surface area contributed by atoms with Gasteiger partial charge in [0.1, 0.15) is 23.4 Å². The maximum absolute atomic E-state index is 15.7. The molecule has 2 amide bonds. The van der Waals surface area contributed by atoms with Crippen molar-refractivity contribution in [3.8, 4) is 5.75 Å². The minimum Gasteiger partial charge on any atom is -0.496 e. The van der Waals surface area contributed by atoms with E-state index in [0.29, 0.717) is 53.5 Å². The standard InChI is InChI=1S/C33H36FN5O6S.C2HF3O2/c1-5-46(42,43)29-11-9-22(38-33(41)45-4)17-25(29)27-7-6-14-39(27)32(40)30(24-18-28(44-3)19(2)15-26(24)34)37-21-8-10-23-20(16-21)12-13-36-31(23)35;3-2(4,5)1(6)7/h8-13,15-18,27,30,37H,5-7,14H2,1-4H3,(H2,35,36)(H,38,41);(H,6,7)/t27-,30-;/m1./s1. The average molecular weight is 764 g/mol. The Labute approximate surface area is 302 Å². The number of nitrogen functional groups attached to an aromatic ring is 1. The van der Waals surface area contributed by atoms with Crippen molar-refractivity contribution >= 4 is 55.8 Å². The Morgan fingerprint density at radius 1 is 1.08 bits per heavy atom. The first-order valence-corrected chi connectivity index (χ1v) is 17.6. The number of aliphatic carboxylic acids is 1. The van der Waals surface area contributed by atoms with Crippen LogP contribution in [0.5, 0.6) is 5.75 Å². The first kappa shape index (κ1) is 40.1. The third kappa shape index (κ3) is 9.24. The Morgan fingerprint density at radius 3 is 2.38 bits per heavy atom. The van der Waals surface area contributed by atoms with Crippen molar-refractivity contribution in [3.05, 3.63) is 83.3 Å². The van der Waals surface area contributed by atoms with Crippen LogP contribution in [0.4, 0.5) is 39.5 Å². The van der Waals surface area contributed by atoms with Gasteiger partial charge in [-0.15, -0.1) is 0 Å². The monoisotopic (exact) mass is 763 g/mol. The van der Waals surface area contributed by atoms with E-state index in [9.17, 15) is 31.2 Å². The topological polar surface area (TPSA) is 190 Å². The fraction of sp³-hybridized carbons (Fsp3) is 0.314. The molecule has 0 unspecified atom stereocenters. The van der Waals surface area contributed by atoms with Crippen molar-refractivity contribution in [3.63, 3.8) is 0 Å². The number of alkyl halides is 3. The van der Waals surface area contributed by atoms with Crippen molar-refractivity contribution in [2.75, 3.05) is 42.9 Å². The Morgan fingerprint density at radius 2 is 1.75 bits per heavy atom. The minimum atomic E-state index is -5.08.